The van der Waals surface area contributed by atoms with Gasteiger partial charge < -0.3 is 14.7 Å². The van der Waals surface area contributed by atoms with Crippen LogP contribution in [0.2, 0.25) is 0 Å². The SMILES string of the molecule is CC1=C(c2ccc(O)cc2)[C@@H](c2ccc(CCCN3CCCCC3)cc2)Oc2cc(C)ccc21. The summed E-state index contributed by atoms with van der Waals surface area (Å²) in [6.45, 7) is 8.03. The van der Waals surface area contributed by atoms with E-state index in [2.05, 4.69) is 61.2 Å². The number of rotatable bonds is 6. The van der Waals surface area contributed by atoms with E-state index in [0.29, 0.717) is 0 Å². The Morgan fingerprint density at radius 1 is 0.882 bits per heavy atom. The normalized spacial score (nSPS) is 18.5. The van der Waals surface area contributed by atoms with Crippen LogP contribution in [0.25, 0.3) is 11.1 Å². The molecule has 3 aromatic carbocycles. The lowest BCUT2D eigenvalue weighted by atomic mass is 9.85. The Morgan fingerprint density at radius 2 is 1.62 bits per heavy atom. The van der Waals surface area contributed by atoms with Gasteiger partial charge >= 0.3 is 0 Å². The van der Waals surface area contributed by atoms with Crippen molar-refractivity contribution in [3.8, 4) is 11.5 Å². The first-order valence-corrected chi connectivity index (χ1v) is 12.7. The molecule has 1 fully saturated rings. The van der Waals surface area contributed by atoms with E-state index in [-0.39, 0.29) is 11.9 Å². The summed E-state index contributed by atoms with van der Waals surface area (Å²) >= 11 is 0. The predicted octanol–water partition coefficient (Wildman–Crippen LogP) is 7.18. The van der Waals surface area contributed by atoms with Crippen molar-refractivity contribution in [2.45, 2.75) is 52.1 Å². The first-order chi connectivity index (χ1) is 16.6. The second kappa shape index (κ2) is 10.1. The molecule has 0 bridgehead atoms. The topological polar surface area (TPSA) is 32.7 Å². The fraction of sp³-hybridized carbons (Fsp3) is 0.355. The molecular formula is C31H35NO2. The first kappa shape index (κ1) is 22.7. The van der Waals surface area contributed by atoms with Gasteiger partial charge in [0.25, 0.3) is 0 Å². The number of piperidine rings is 1. The van der Waals surface area contributed by atoms with Gasteiger partial charge in [-0.15, -0.1) is 0 Å². The smallest absolute Gasteiger partial charge is 0.150 e. The third kappa shape index (κ3) is 4.90. The standard InChI is InChI=1S/C31H35NO2/c1-22-8-17-28-23(2)30(25-13-15-27(33)16-14-25)31(34-29(28)21-22)26-11-9-24(10-12-26)7-6-20-32-18-4-3-5-19-32/h8-17,21,31,33H,3-7,18-20H2,1-2H3/t31-/m1/s1. The van der Waals surface area contributed by atoms with E-state index < -0.39 is 0 Å². The summed E-state index contributed by atoms with van der Waals surface area (Å²) in [6, 6.07) is 22.9. The molecule has 3 heteroatoms. The van der Waals surface area contributed by atoms with Crippen molar-refractivity contribution in [1.29, 1.82) is 0 Å². The number of phenolic OH excluding ortho intramolecular Hbond substituents is 1. The quantitative estimate of drug-likeness (QED) is 0.429. The second-order valence-electron chi connectivity index (χ2n) is 9.83. The third-order valence-corrected chi connectivity index (χ3v) is 7.30. The minimum absolute atomic E-state index is 0.179. The minimum Gasteiger partial charge on any atom is -0.508 e. The van der Waals surface area contributed by atoms with E-state index in [9.17, 15) is 5.11 Å². The van der Waals surface area contributed by atoms with E-state index in [1.54, 1.807) is 12.1 Å². The van der Waals surface area contributed by atoms with Gasteiger partial charge in [0.2, 0.25) is 0 Å². The Morgan fingerprint density at radius 3 is 2.35 bits per heavy atom. The number of likely N-dealkylation sites (tertiary alicyclic amines) is 1. The van der Waals surface area contributed by atoms with Crippen LogP contribution in [-0.2, 0) is 6.42 Å². The highest BCUT2D eigenvalue weighted by atomic mass is 16.5. The molecule has 0 aliphatic carbocycles. The van der Waals surface area contributed by atoms with Crippen LogP contribution in [0.15, 0.2) is 66.7 Å². The van der Waals surface area contributed by atoms with Crippen molar-refractivity contribution < 1.29 is 9.84 Å². The Labute approximate surface area is 203 Å². The maximum atomic E-state index is 9.83. The molecule has 176 valence electrons. The van der Waals surface area contributed by atoms with Crippen molar-refractivity contribution in [1.82, 2.24) is 4.90 Å². The number of hydrogen-bond donors (Lipinski definition) is 1. The molecule has 1 atom stereocenters. The highest BCUT2D eigenvalue weighted by Gasteiger charge is 2.29. The summed E-state index contributed by atoms with van der Waals surface area (Å²) in [4.78, 5) is 2.62. The van der Waals surface area contributed by atoms with E-state index in [4.69, 9.17) is 4.74 Å². The number of ether oxygens (including phenoxy) is 1. The van der Waals surface area contributed by atoms with Crippen molar-refractivity contribution >= 4 is 11.1 Å². The van der Waals surface area contributed by atoms with E-state index in [1.807, 2.05) is 12.1 Å². The summed E-state index contributed by atoms with van der Waals surface area (Å²) in [5.41, 5.74) is 8.35. The Balaban J connectivity index is 1.39. The molecule has 0 unspecified atom stereocenters. The van der Waals surface area contributed by atoms with Crippen molar-refractivity contribution in [2.24, 2.45) is 0 Å². The summed E-state index contributed by atoms with van der Waals surface area (Å²) < 4.78 is 6.64. The van der Waals surface area contributed by atoms with Crippen molar-refractivity contribution in [3.05, 3.63) is 94.5 Å². The van der Waals surface area contributed by atoms with Crippen LogP contribution >= 0.6 is 0 Å². The number of hydrogen-bond acceptors (Lipinski definition) is 3. The maximum absolute atomic E-state index is 9.83. The number of allylic oxidation sites excluding steroid dienone is 1. The van der Waals surface area contributed by atoms with Gasteiger partial charge in [-0.3, -0.25) is 0 Å². The number of aryl methyl sites for hydroxylation is 2. The lowest BCUT2D eigenvalue weighted by molar-refractivity contribution is 0.226. The average Bonchev–Trinajstić information content (AvgIpc) is 2.86. The van der Waals surface area contributed by atoms with Gasteiger partial charge in [-0.25, -0.2) is 0 Å². The van der Waals surface area contributed by atoms with E-state index >= 15 is 0 Å². The zero-order valence-electron chi connectivity index (χ0n) is 20.4. The lowest BCUT2D eigenvalue weighted by Crippen LogP contribution is -2.30. The first-order valence-electron chi connectivity index (χ1n) is 12.7. The summed E-state index contributed by atoms with van der Waals surface area (Å²) in [5, 5.41) is 9.83. The molecule has 1 saturated heterocycles. The van der Waals surface area contributed by atoms with Crippen LogP contribution in [0.3, 0.4) is 0 Å². The number of phenols is 1. The highest BCUT2D eigenvalue weighted by molar-refractivity contribution is 5.95. The molecule has 0 radical (unpaired) electrons. The van der Waals surface area contributed by atoms with E-state index in [0.717, 1.165) is 34.4 Å². The van der Waals surface area contributed by atoms with Crippen LogP contribution in [-0.4, -0.2) is 29.6 Å². The molecule has 0 amide bonds. The van der Waals surface area contributed by atoms with Crippen LogP contribution < -0.4 is 4.74 Å². The molecular weight excluding hydrogens is 418 g/mol. The fourth-order valence-electron chi connectivity index (χ4n) is 5.36. The van der Waals surface area contributed by atoms with Gasteiger partial charge in [0.1, 0.15) is 17.6 Å². The predicted molar refractivity (Wildman–Crippen MR) is 140 cm³/mol. The lowest BCUT2D eigenvalue weighted by Gasteiger charge is -2.31. The van der Waals surface area contributed by atoms with Crippen molar-refractivity contribution in [3.63, 3.8) is 0 Å². The molecule has 2 aliphatic rings. The molecule has 0 aromatic heterocycles. The van der Waals surface area contributed by atoms with Crippen LogP contribution in [0, 0.1) is 6.92 Å². The van der Waals surface area contributed by atoms with Gasteiger partial charge in [0.05, 0.1) is 0 Å². The zero-order valence-corrected chi connectivity index (χ0v) is 20.4. The summed E-state index contributed by atoms with van der Waals surface area (Å²) in [6.07, 6.45) is 6.25. The van der Waals surface area contributed by atoms with Crippen LogP contribution in [0.4, 0.5) is 0 Å². The summed E-state index contributed by atoms with van der Waals surface area (Å²) in [7, 11) is 0. The molecule has 2 aliphatic heterocycles. The summed E-state index contributed by atoms with van der Waals surface area (Å²) in [5.74, 6) is 1.22. The fourth-order valence-corrected chi connectivity index (χ4v) is 5.36. The monoisotopic (exact) mass is 453 g/mol. The van der Waals surface area contributed by atoms with Crippen molar-refractivity contribution in [2.75, 3.05) is 19.6 Å². The van der Waals surface area contributed by atoms with E-state index in [1.165, 1.54) is 62.0 Å². The van der Waals surface area contributed by atoms with Gasteiger partial charge in [-0.05, 0) is 105 Å². The number of aromatic hydroxyl groups is 1. The molecule has 0 spiro atoms. The number of benzene rings is 3. The average molecular weight is 454 g/mol. The van der Waals surface area contributed by atoms with Gasteiger partial charge in [-0.2, -0.15) is 0 Å². The Bertz CT molecular complexity index is 1160. The molecule has 3 nitrogen and oxygen atoms in total. The third-order valence-electron chi connectivity index (χ3n) is 7.30. The molecule has 1 N–H and O–H groups in total. The van der Waals surface area contributed by atoms with Crippen LogP contribution in [0.5, 0.6) is 11.5 Å². The number of nitrogens with zero attached hydrogens (tertiary/aromatic N) is 1. The van der Waals surface area contributed by atoms with Crippen LogP contribution in [0.1, 0.15) is 66.5 Å². The number of fused-ring (bicyclic) bond motifs is 1. The maximum Gasteiger partial charge on any atom is 0.150 e. The second-order valence-corrected chi connectivity index (χ2v) is 9.83. The molecule has 2 heterocycles. The largest absolute Gasteiger partial charge is 0.508 e. The van der Waals surface area contributed by atoms with Gasteiger partial charge in [0, 0.05) is 11.1 Å². The highest BCUT2D eigenvalue weighted by Crippen LogP contribution is 2.46. The molecule has 34 heavy (non-hydrogen) atoms. The molecule has 5 rings (SSSR count). The molecule has 3 aromatic rings. The van der Waals surface area contributed by atoms with Gasteiger partial charge in [-0.1, -0.05) is 55.0 Å². The molecule has 0 saturated carbocycles. The Kier molecular flexibility index (Phi) is 6.73. The Hall–Kier alpha value is -3.04. The minimum atomic E-state index is -0.179. The van der Waals surface area contributed by atoms with Gasteiger partial charge in [0.15, 0.2) is 0 Å². The zero-order chi connectivity index (χ0) is 23.5.